The topological polar surface area (TPSA) is 60.9 Å². The van der Waals surface area contributed by atoms with Gasteiger partial charge >= 0.3 is 0 Å². The highest BCUT2D eigenvalue weighted by atomic mass is 16.1. The molecule has 1 rings (SSSR count). The van der Waals surface area contributed by atoms with Gasteiger partial charge < -0.3 is 5.73 Å². The summed E-state index contributed by atoms with van der Waals surface area (Å²) in [5.74, 6) is -0.474. The Hall–Kier alpha value is -1.32. The Morgan fingerprint density at radius 2 is 2.40 bits per heavy atom. The Morgan fingerprint density at radius 1 is 1.80 bits per heavy atom. The number of primary amides is 1. The van der Waals surface area contributed by atoms with E-state index in [4.69, 9.17) is 5.73 Å². The highest BCUT2D eigenvalue weighted by Crippen LogP contribution is 2.01. The molecule has 10 heavy (non-hydrogen) atoms. The predicted molar refractivity (Wildman–Crippen MR) is 36.5 cm³/mol. The van der Waals surface area contributed by atoms with Gasteiger partial charge in [0.05, 0.1) is 0 Å². The second kappa shape index (κ2) is 2.13. The summed E-state index contributed by atoms with van der Waals surface area (Å²) in [5.41, 5.74) is 6.18. The van der Waals surface area contributed by atoms with Gasteiger partial charge in [-0.1, -0.05) is 0 Å². The molecule has 0 unspecified atom stereocenters. The lowest BCUT2D eigenvalue weighted by Crippen LogP contribution is -2.13. The average Bonchev–Trinajstić information content (AvgIpc) is 2.10. The van der Waals surface area contributed by atoms with Crippen LogP contribution < -0.4 is 5.73 Å². The molecule has 0 aliphatic rings. The van der Waals surface area contributed by atoms with Gasteiger partial charge in [0.15, 0.2) is 5.69 Å². The fourth-order valence-corrected chi connectivity index (χ4v) is 0.850. The van der Waals surface area contributed by atoms with Crippen molar-refractivity contribution in [3.63, 3.8) is 0 Å². The Balaban J connectivity index is 3.15. The summed E-state index contributed by atoms with van der Waals surface area (Å²) in [6.07, 6.45) is 1.75. The van der Waals surface area contributed by atoms with E-state index in [-0.39, 0.29) is 0 Å². The summed E-state index contributed by atoms with van der Waals surface area (Å²) in [6.45, 7) is 1.80. The van der Waals surface area contributed by atoms with Crippen LogP contribution in [0, 0.1) is 6.92 Å². The number of carbonyl (C=O) groups is 1. The minimum absolute atomic E-state index is 0.350. The molecule has 0 bridgehead atoms. The summed E-state index contributed by atoms with van der Waals surface area (Å²) >= 11 is 0. The van der Waals surface area contributed by atoms with E-state index in [1.165, 1.54) is 0 Å². The molecule has 54 valence electrons. The van der Waals surface area contributed by atoms with E-state index in [0.29, 0.717) is 5.69 Å². The van der Waals surface area contributed by atoms with Gasteiger partial charge in [-0.3, -0.25) is 9.48 Å². The monoisotopic (exact) mass is 139 g/mol. The van der Waals surface area contributed by atoms with E-state index < -0.39 is 5.91 Å². The van der Waals surface area contributed by atoms with Crippen LogP contribution in [-0.2, 0) is 7.05 Å². The quantitative estimate of drug-likeness (QED) is 0.587. The van der Waals surface area contributed by atoms with Crippen molar-refractivity contribution in [2.45, 2.75) is 6.92 Å². The molecule has 0 aromatic carbocycles. The summed E-state index contributed by atoms with van der Waals surface area (Å²) < 4.78 is 1.56. The zero-order valence-corrected chi connectivity index (χ0v) is 5.96. The predicted octanol–water partition coefficient (Wildman–Crippen LogP) is -0.173. The molecule has 4 heteroatoms. The van der Waals surface area contributed by atoms with Gasteiger partial charge in [0.1, 0.15) is 0 Å². The van der Waals surface area contributed by atoms with Crippen molar-refractivity contribution in [2.24, 2.45) is 12.8 Å². The lowest BCUT2D eigenvalue weighted by molar-refractivity contribution is 0.0994. The van der Waals surface area contributed by atoms with Gasteiger partial charge in [-0.2, -0.15) is 5.10 Å². The number of nitrogens with two attached hydrogens (primary N) is 1. The minimum atomic E-state index is -0.474. The van der Waals surface area contributed by atoms with Gasteiger partial charge in [-0.05, 0) is 6.92 Å². The molecule has 0 fully saturated rings. The largest absolute Gasteiger partial charge is 0.364 e. The maximum absolute atomic E-state index is 10.6. The fraction of sp³-hybridized carbons (Fsp3) is 0.333. The van der Waals surface area contributed by atoms with Gasteiger partial charge in [0.25, 0.3) is 5.91 Å². The molecule has 0 saturated heterocycles. The lowest BCUT2D eigenvalue weighted by atomic mass is 10.3. The number of rotatable bonds is 1. The number of aryl methyl sites for hydroxylation is 2. The standard InChI is InChI=1S/C6H9N3O/c1-4-3-9(2)8-5(4)6(7)10/h3H,1-2H3,(H2,7,10). The molecular weight excluding hydrogens is 130 g/mol. The van der Waals surface area contributed by atoms with Crippen LogP contribution in [0.4, 0.5) is 0 Å². The third kappa shape index (κ3) is 1.00. The molecule has 0 aliphatic carbocycles. The van der Waals surface area contributed by atoms with Crippen molar-refractivity contribution in [3.8, 4) is 0 Å². The van der Waals surface area contributed by atoms with Gasteiger partial charge in [0.2, 0.25) is 0 Å². The summed E-state index contributed by atoms with van der Waals surface area (Å²) in [4.78, 5) is 10.6. The molecule has 1 aromatic heterocycles. The van der Waals surface area contributed by atoms with E-state index in [2.05, 4.69) is 5.10 Å². The maximum atomic E-state index is 10.6. The molecule has 4 nitrogen and oxygen atoms in total. The van der Waals surface area contributed by atoms with Crippen LogP contribution in [0.1, 0.15) is 16.1 Å². The molecule has 0 spiro atoms. The van der Waals surface area contributed by atoms with E-state index >= 15 is 0 Å². The molecule has 1 amide bonds. The molecule has 1 aromatic rings. The lowest BCUT2D eigenvalue weighted by Gasteiger charge is -1.86. The molecule has 0 saturated carbocycles. The van der Waals surface area contributed by atoms with Crippen LogP contribution >= 0.6 is 0 Å². The fourth-order valence-electron chi connectivity index (χ4n) is 0.850. The van der Waals surface area contributed by atoms with Crippen LogP contribution in [0.3, 0.4) is 0 Å². The second-order valence-corrected chi connectivity index (χ2v) is 2.20. The normalized spacial score (nSPS) is 9.80. The summed E-state index contributed by atoms with van der Waals surface area (Å²) in [5, 5.41) is 3.85. The molecule has 2 N–H and O–H groups in total. The van der Waals surface area contributed by atoms with E-state index in [1.54, 1.807) is 24.9 Å². The van der Waals surface area contributed by atoms with Gasteiger partial charge in [-0.25, -0.2) is 0 Å². The Kier molecular flexibility index (Phi) is 1.45. The highest BCUT2D eigenvalue weighted by Gasteiger charge is 2.07. The number of hydrogen-bond acceptors (Lipinski definition) is 2. The first kappa shape index (κ1) is 6.80. The first-order valence-electron chi connectivity index (χ1n) is 2.91. The minimum Gasteiger partial charge on any atom is -0.364 e. The Morgan fingerprint density at radius 3 is 2.60 bits per heavy atom. The molecule has 0 aliphatic heterocycles. The second-order valence-electron chi connectivity index (χ2n) is 2.20. The summed E-state index contributed by atoms with van der Waals surface area (Å²) in [6, 6.07) is 0. The van der Waals surface area contributed by atoms with E-state index in [1.807, 2.05) is 0 Å². The molecule has 0 radical (unpaired) electrons. The van der Waals surface area contributed by atoms with Crippen LogP contribution in [-0.4, -0.2) is 15.7 Å². The van der Waals surface area contributed by atoms with Crippen molar-refractivity contribution in [2.75, 3.05) is 0 Å². The first-order valence-corrected chi connectivity index (χ1v) is 2.91. The third-order valence-corrected chi connectivity index (χ3v) is 1.25. The number of amides is 1. The van der Waals surface area contributed by atoms with Crippen molar-refractivity contribution >= 4 is 5.91 Å². The smallest absolute Gasteiger partial charge is 0.269 e. The molecule has 0 atom stereocenters. The first-order chi connectivity index (χ1) is 4.61. The zero-order valence-electron chi connectivity index (χ0n) is 5.96. The van der Waals surface area contributed by atoms with Crippen molar-refractivity contribution in [1.29, 1.82) is 0 Å². The van der Waals surface area contributed by atoms with E-state index in [9.17, 15) is 4.79 Å². The zero-order chi connectivity index (χ0) is 7.72. The van der Waals surface area contributed by atoms with Crippen LogP contribution in [0.25, 0.3) is 0 Å². The number of hydrogen-bond donors (Lipinski definition) is 1. The summed E-state index contributed by atoms with van der Waals surface area (Å²) in [7, 11) is 1.75. The maximum Gasteiger partial charge on any atom is 0.269 e. The average molecular weight is 139 g/mol. The van der Waals surface area contributed by atoms with Crippen LogP contribution in [0.2, 0.25) is 0 Å². The molecular formula is C6H9N3O. The number of nitrogens with zero attached hydrogens (tertiary/aromatic N) is 2. The van der Waals surface area contributed by atoms with E-state index in [0.717, 1.165) is 5.56 Å². The number of aromatic nitrogens is 2. The third-order valence-electron chi connectivity index (χ3n) is 1.25. The van der Waals surface area contributed by atoms with Crippen molar-refractivity contribution in [3.05, 3.63) is 17.5 Å². The van der Waals surface area contributed by atoms with Gasteiger partial charge in [0, 0.05) is 18.8 Å². The number of carbonyl (C=O) groups excluding carboxylic acids is 1. The Bertz CT molecular complexity index is 264. The highest BCUT2D eigenvalue weighted by molar-refractivity contribution is 5.92. The van der Waals surface area contributed by atoms with Crippen LogP contribution in [0.15, 0.2) is 6.20 Å². The van der Waals surface area contributed by atoms with Crippen molar-refractivity contribution in [1.82, 2.24) is 9.78 Å². The van der Waals surface area contributed by atoms with Crippen molar-refractivity contribution < 1.29 is 4.79 Å². The van der Waals surface area contributed by atoms with Crippen LogP contribution in [0.5, 0.6) is 0 Å². The van der Waals surface area contributed by atoms with Gasteiger partial charge in [-0.15, -0.1) is 0 Å². The SMILES string of the molecule is Cc1cn(C)nc1C(N)=O. The Labute approximate surface area is 58.6 Å². The molecule has 1 heterocycles.